The van der Waals surface area contributed by atoms with Crippen LogP contribution in [0.25, 0.3) is 0 Å². The molecule has 13 heteroatoms. The van der Waals surface area contributed by atoms with Crippen molar-refractivity contribution in [2.75, 3.05) is 24.8 Å². The minimum Gasteiger partial charge on any atom is -0.497 e. The second kappa shape index (κ2) is 12.4. The number of ether oxygens (including phenoxy) is 1. The van der Waals surface area contributed by atoms with Crippen LogP contribution in [0.1, 0.15) is 27.8 Å². The van der Waals surface area contributed by atoms with E-state index in [0.29, 0.717) is 16.5 Å². The molecule has 9 nitrogen and oxygen atoms in total. The molecule has 1 atom stereocenters. The average Bonchev–Trinajstić information content (AvgIpc) is 3.28. The summed E-state index contributed by atoms with van der Waals surface area (Å²) in [5, 5.41) is 23.5. The summed E-state index contributed by atoms with van der Waals surface area (Å²) in [6.45, 7) is 3.43. The van der Waals surface area contributed by atoms with Crippen LogP contribution in [-0.2, 0) is 17.5 Å². The Balaban J connectivity index is 1.69. The molecule has 0 aliphatic heterocycles. The number of rotatable bonds is 11. The van der Waals surface area contributed by atoms with Crippen LogP contribution in [0, 0.1) is 0 Å². The van der Waals surface area contributed by atoms with Crippen molar-refractivity contribution in [2.45, 2.75) is 23.9 Å². The van der Waals surface area contributed by atoms with Gasteiger partial charge in [-0.2, -0.15) is 13.2 Å². The summed E-state index contributed by atoms with van der Waals surface area (Å²) in [5.74, 6) is -0.354. The van der Waals surface area contributed by atoms with Gasteiger partial charge < -0.3 is 25.0 Å². The van der Waals surface area contributed by atoms with Crippen molar-refractivity contribution >= 4 is 29.3 Å². The van der Waals surface area contributed by atoms with E-state index < -0.39 is 36.2 Å². The fourth-order valence-electron chi connectivity index (χ4n) is 3.24. The van der Waals surface area contributed by atoms with Crippen LogP contribution in [0.2, 0.25) is 0 Å². The molecule has 0 unspecified atom stereocenters. The van der Waals surface area contributed by atoms with E-state index >= 15 is 0 Å². The second-order valence-electron chi connectivity index (χ2n) is 7.59. The van der Waals surface area contributed by atoms with Gasteiger partial charge in [-0.1, -0.05) is 23.9 Å². The Morgan fingerprint density at radius 3 is 2.57 bits per heavy atom. The molecule has 0 saturated heterocycles. The number of aliphatic hydroxyl groups excluding tert-OH is 1. The number of thioether (sulfide) groups is 1. The number of nitrogens with zero attached hydrogens (tertiary/aromatic N) is 3. The first kappa shape index (κ1) is 27.7. The Bertz CT molecular complexity index is 1250. The molecule has 0 aliphatic rings. The maximum Gasteiger partial charge on any atom is 0.416 e. The number of hydrogen-bond acceptors (Lipinski definition) is 7. The molecule has 2 amide bonds. The van der Waals surface area contributed by atoms with Crippen molar-refractivity contribution < 1.29 is 32.6 Å². The number of hydrogen-bond donors (Lipinski definition) is 3. The summed E-state index contributed by atoms with van der Waals surface area (Å²) in [7, 11) is 1.51. The third-order valence-electron chi connectivity index (χ3n) is 5.01. The first-order chi connectivity index (χ1) is 17.7. The summed E-state index contributed by atoms with van der Waals surface area (Å²) in [6, 6.07) is 9.80. The van der Waals surface area contributed by atoms with Gasteiger partial charge in [0.25, 0.3) is 5.91 Å². The molecule has 196 valence electrons. The maximum atomic E-state index is 12.9. The molecule has 3 aromatic rings. The summed E-state index contributed by atoms with van der Waals surface area (Å²) >= 11 is 0.991. The van der Waals surface area contributed by atoms with E-state index in [9.17, 15) is 27.9 Å². The lowest BCUT2D eigenvalue weighted by atomic mass is 10.2. The third-order valence-corrected chi connectivity index (χ3v) is 5.98. The number of carbonyl (C=O) groups excluding carboxylic acids is 2. The Hall–Kier alpha value is -3.84. The average molecular weight is 536 g/mol. The van der Waals surface area contributed by atoms with E-state index in [1.165, 1.54) is 19.2 Å². The SMILES string of the molecule is C=CCn1c(SCC(=O)Nc2cccc(C(F)(F)F)c2)nnc1[C@@H](CO)NC(=O)c1ccc(OC)cc1. The van der Waals surface area contributed by atoms with Gasteiger partial charge in [0.2, 0.25) is 5.91 Å². The molecule has 3 rings (SSSR count). The highest BCUT2D eigenvalue weighted by molar-refractivity contribution is 7.99. The van der Waals surface area contributed by atoms with Gasteiger partial charge in [0.1, 0.15) is 11.8 Å². The van der Waals surface area contributed by atoms with Crippen LogP contribution < -0.4 is 15.4 Å². The third kappa shape index (κ3) is 7.33. The number of anilines is 1. The van der Waals surface area contributed by atoms with Crippen molar-refractivity contribution in [1.82, 2.24) is 20.1 Å². The topological polar surface area (TPSA) is 118 Å². The minimum absolute atomic E-state index is 0.00950. The predicted molar refractivity (Wildman–Crippen MR) is 131 cm³/mol. The number of alkyl halides is 3. The second-order valence-corrected chi connectivity index (χ2v) is 8.54. The number of carbonyl (C=O) groups is 2. The lowest BCUT2D eigenvalue weighted by Gasteiger charge is -2.17. The highest BCUT2D eigenvalue weighted by Gasteiger charge is 2.30. The van der Waals surface area contributed by atoms with Crippen LogP contribution in [0.4, 0.5) is 18.9 Å². The lowest BCUT2D eigenvalue weighted by molar-refractivity contribution is -0.137. The summed E-state index contributed by atoms with van der Waals surface area (Å²) < 4.78 is 45.4. The van der Waals surface area contributed by atoms with Crippen molar-refractivity contribution in [1.29, 1.82) is 0 Å². The molecule has 1 aromatic heterocycles. The molecule has 0 bridgehead atoms. The van der Waals surface area contributed by atoms with Gasteiger partial charge in [-0.15, -0.1) is 16.8 Å². The van der Waals surface area contributed by atoms with Crippen LogP contribution in [-0.4, -0.2) is 51.2 Å². The van der Waals surface area contributed by atoms with Gasteiger partial charge in [-0.3, -0.25) is 9.59 Å². The largest absolute Gasteiger partial charge is 0.497 e. The van der Waals surface area contributed by atoms with Crippen LogP contribution in [0.15, 0.2) is 66.3 Å². The zero-order valence-electron chi connectivity index (χ0n) is 19.7. The number of methoxy groups -OCH3 is 1. The maximum absolute atomic E-state index is 12.9. The van der Waals surface area contributed by atoms with Gasteiger partial charge in [-0.25, -0.2) is 0 Å². The van der Waals surface area contributed by atoms with E-state index in [1.807, 2.05) is 0 Å². The first-order valence-corrected chi connectivity index (χ1v) is 11.8. The molecule has 37 heavy (non-hydrogen) atoms. The Morgan fingerprint density at radius 1 is 1.22 bits per heavy atom. The number of amides is 2. The number of benzene rings is 2. The van der Waals surface area contributed by atoms with E-state index in [4.69, 9.17) is 4.74 Å². The number of aliphatic hydroxyl groups is 1. The van der Waals surface area contributed by atoms with Crippen LogP contribution in [0.5, 0.6) is 5.75 Å². The summed E-state index contributed by atoms with van der Waals surface area (Å²) in [5.41, 5.74) is -0.523. The van der Waals surface area contributed by atoms with E-state index in [0.717, 1.165) is 23.9 Å². The zero-order chi connectivity index (χ0) is 27.0. The molecular weight excluding hydrogens is 511 g/mol. The number of halogens is 3. The van der Waals surface area contributed by atoms with Gasteiger partial charge >= 0.3 is 6.18 Å². The number of allylic oxidation sites excluding steroid dienone is 1. The number of nitrogens with one attached hydrogen (secondary N) is 2. The fraction of sp³-hybridized carbons (Fsp3) is 0.250. The van der Waals surface area contributed by atoms with Gasteiger partial charge in [0.15, 0.2) is 11.0 Å². The Kier molecular flexibility index (Phi) is 9.31. The Labute approximate surface area is 214 Å². The molecule has 0 fully saturated rings. The van der Waals surface area contributed by atoms with Crippen LogP contribution >= 0.6 is 11.8 Å². The smallest absolute Gasteiger partial charge is 0.416 e. The first-order valence-electron chi connectivity index (χ1n) is 10.9. The molecule has 0 aliphatic carbocycles. The molecular formula is C24H24F3N5O4S. The van der Waals surface area contributed by atoms with E-state index in [-0.39, 0.29) is 23.8 Å². The van der Waals surface area contributed by atoms with Gasteiger partial charge in [-0.05, 0) is 42.5 Å². The number of aromatic nitrogens is 3. The van der Waals surface area contributed by atoms with Crippen LogP contribution in [0.3, 0.4) is 0 Å². The predicted octanol–water partition coefficient (Wildman–Crippen LogP) is 3.69. The normalized spacial score (nSPS) is 12.0. The quantitative estimate of drug-likeness (QED) is 0.253. The van der Waals surface area contributed by atoms with Crippen molar-refractivity contribution in [2.24, 2.45) is 0 Å². The Morgan fingerprint density at radius 2 is 1.95 bits per heavy atom. The highest BCUT2D eigenvalue weighted by atomic mass is 32.2. The van der Waals surface area contributed by atoms with Gasteiger partial charge in [0, 0.05) is 17.8 Å². The fourth-order valence-corrected chi connectivity index (χ4v) is 4.00. The van der Waals surface area contributed by atoms with E-state index in [2.05, 4.69) is 27.4 Å². The zero-order valence-corrected chi connectivity index (χ0v) is 20.5. The van der Waals surface area contributed by atoms with Crippen molar-refractivity contribution in [3.63, 3.8) is 0 Å². The monoisotopic (exact) mass is 535 g/mol. The molecule has 1 heterocycles. The van der Waals surface area contributed by atoms with E-state index in [1.54, 1.807) is 34.9 Å². The molecule has 0 saturated carbocycles. The standard InChI is InChI=1S/C24H24F3N5O4S/c1-3-11-32-21(19(13-33)29-22(35)15-7-9-18(36-2)10-8-15)30-31-23(32)37-14-20(34)28-17-6-4-5-16(12-17)24(25,26)27/h3-10,12,19,33H,1,11,13-14H2,2H3,(H,28,34)(H,29,35)/t19-/m1/s1. The minimum atomic E-state index is -4.53. The van der Waals surface area contributed by atoms with Crippen molar-refractivity contribution in [3.05, 3.63) is 78.1 Å². The molecule has 0 radical (unpaired) electrons. The summed E-state index contributed by atoms with van der Waals surface area (Å²) in [6.07, 6.45) is -2.97. The molecule has 0 spiro atoms. The molecule has 2 aromatic carbocycles. The van der Waals surface area contributed by atoms with Crippen molar-refractivity contribution in [3.8, 4) is 5.75 Å². The summed E-state index contributed by atoms with van der Waals surface area (Å²) in [4.78, 5) is 25.0. The van der Waals surface area contributed by atoms with Gasteiger partial charge in [0.05, 0.1) is 25.0 Å². The molecule has 3 N–H and O–H groups in total. The highest BCUT2D eigenvalue weighted by Crippen LogP contribution is 2.30. The lowest BCUT2D eigenvalue weighted by Crippen LogP contribution is -2.33.